The van der Waals surface area contributed by atoms with E-state index in [-0.39, 0.29) is 11.6 Å². The summed E-state index contributed by atoms with van der Waals surface area (Å²) < 4.78 is 0. The Labute approximate surface area is 146 Å². The van der Waals surface area contributed by atoms with Crippen LogP contribution in [-0.4, -0.2) is 29.6 Å². The largest absolute Gasteiger partial charge is 0.362 e. The summed E-state index contributed by atoms with van der Waals surface area (Å²) in [6.07, 6.45) is 1.75. The third-order valence-corrected chi connectivity index (χ3v) is 5.24. The van der Waals surface area contributed by atoms with Crippen LogP contribution < -0.4 is 10.6 Å². The summed E-state index contributed by atoms with van der Waals surface area (Å²) in [6.45, 7) is 2.84. The van der Waals surface area contributed by atoms with Gasteiger partial charge < -0.3 is 10.6 Å². The van der Waals surface area contributed by atoms with Crippen molar-refractivity contribution in [2.75, 3.05) is 18.4 Å². The van der Waals surface area contributed by atoms with E-state index in [9.17, 15) is 4.79 Å². The van der Waals surface area contributed by atoms with Crippen molar-refractivity contribution >= 4 is 23.2 Å². The zero-order chi connectivity index (χ0) is 16.6. The fourth-order valence-electron chi connectivity index (χ4n) is 3.61. The first kappa shape index (κ1) is 15.5. The minimum Gasteiger partial charge on any atom is -0.362 e. The van der Waals surface area contributed by atoms with Gasteiger partial charge in [-0.15, -0.1) is 0 Å². The molecule has 124 valence electrons. The third kappa shape index (κ3) is 2.87. The molecule has 0 radical (unpaired) electrons. The molecule has 2 heterocycles. The normalized spacial score (nSPS) is 19.5. The number of halogens is 1. The van der Waals surface area contributed by atoms with Crippen molar-refractivity contribution in [1.82, 2.24) is 10.2 Å². The highest BCUT2D eigenvalue weighted by molar-refractivity contribution is 6.34. The molecule has 0 atom stereocenters. The number of hydrogen-bond donors (Lipinski definition) is 2. The zero-order valence-corrected chi connectivity index (χ0v) is 14.1. The Bertz CT molecular complexity index is 754. The SMILES string of the molecule is O=C1NC2(CCN(Cc3ccccc3)CC2)Nc2cccc(Cl)c21. The highest BCUT2D eigenvalue weighted by atomic mass is 35.5. The van der Waals surface area contributed by atoms with Crippen molar-refractivity contribution in [3.63, 3.8) is 0 Å². The lowest BCUT2D eigenvalue weighted by Gasteiger charge is -2.46. The first-order chi connectivity index (χ1) is 11.7. The molecule has 1 amide bonds. The predicted molar refractivity (Wildman–Crippen MR) is 96.2 cm³/mol. The first-order valence-corrected chi connectivity index (χ1v) is 8.69. The van der Waals surface area contributed by atoms with Crippen LogP contribution in [-0.2, 0) is 6.54 Å². The lowest BCUT2D eigenvalue weighted by Crippen LogP contribution is -2.62. The Kier molecular flexibility index (Phi) is 3.94. The van der Waals surface area contributed by atoms with Crippen LogP contribution in [0.5, 0.6) is 0 Å². The van der Waals surface area contributed by atoms with Gasteiger partial charge in [0.2, 0.25) is 0 Å². The molecule has 5 heteroatoms. The number of amides is 1. The van der Waals surface area contributed by atoms with Crippen LogP contribution in [0.2, 0.25) is 5.02 Å². The van der Waals surface area contributed by atoms with E-state index < -0.39 is 0 Å². The topological polar surface area (TPSA) is 44.4 Å². The van der Waals surface area contributed by atoms with E-state index in [1.165, 1.54) is 5.56 Å². The number of nitrogens with one attached hydrogen (secondary N) is 2. The van der Waals surface area contributed by atoms with Crippen molar-refractivity contribution in [1.29, 1.82) is 0 Å². The molecule has 4 nitrogen and oxygen atoms in total. The van der Waals surface area contributed by atoms with Crippen LogP contribution in [0.3, 0.4) is 0 Å². The molecule has 4 rings (SSSR count). The molecule has 1 saturated heterocycles. The van der Waals surface area contributed by atoms with E-state index in [1.54, 1.807) is 6.07 Å². The highest BCUT2D eigenvalue weighted by Crippen LogP contribution is 2.34. The van der Waals surface area contributed by atoms with Crippen molar-refractivity contribution in [2.24, 2.45) is 0 Å². The Morgan fingerprint density at radius 1 is 1.00 bits per heavy atom. The molecule has 2 aromatic rings. The van der Waals surface area contributed by atoms with Crippen LogP contribution in [0.25, 0.3) is 0 Å². The first-order valence-electron chi connectivity index (χ1n) is 8.31. The second-order valence-electron chi connectivity index (χ2n) is 6.59. The molecule has 24 heavy (non-hydrogen) atoms. The fraction of sp³-hybridized carbons (Fsp3) is 0.316. The molecule has 2 N–H and O–H groups in total. The predicted octanol–water partition coefficient (Wildman–Crippen LogP) is 3.49. The van der Waals surface area contributed by atoms with E-state index in [2.05, 4.69) is 39.8 Å². The van der Waals surface area contributed by atoms with Gasteiger partial charge in [0, 0.05) is 32.5 Å². The van der Waals surface area contributed by atoms with Crippen LogP contribution in [0.1, 0.15) is 28.8 Å². The molecule has 0 aromatic heterocycles. The van der Waals surface area contributed by atoms with E-state index in [4.69, 9.17) is 11.6 Å². The lowest BCUT2D eigenvalue weighted by molar-refractivity contribution is 0.0822. The molecule has 1 fully saturated rings. The number of carbonyl (C=O) groups is 1. The van der Waals surface area contributed by atoms with E-state index in [1.807, 2.05) is 18.2 Å². The maximum absolute atomic E-state index is 12.5. The lowest BCUT2D eigenvalue weighted by atomic mass is 9.92. The third-order valence-electron chi connectivity index (χ3n) is 4.93. The van der Waals surface area contributed by atoms with Gasteiger partial charge in [-0.05, 0) is 17.7 Å². The maximum atomic E-state index is 12.5. The number of nitrogens with zero attached hydrogens (tertiary/aromatic N) is 1. The highest BCUT2D eigenvalue weighted by Gasteiger charge is 2.40. The van der Waals surface area contributed by atoms with Crippen LogP contribution >= 0.6 is 11.6 Å². The van der Waals surface area contributed by atoms with Gasteiger partial charge in [-0.1, -0.05) is 48.0 Å². The monoisotopic (exact) mass is 341 g/mol. The van der Waals surface area contributed by atoms with Gasteiger partial charge in [0.05, 0.1) is 16.3 Å². The average Bonchev–Trinajstić information content (AvgIpc) is 2.58. The van der Waals surface area contributed by atoms with Crippen LogP contribution in [0, 0.1) is 0 Å². The summed E-state index contributed by atoms with van der Waals surface area (Å²) in [4.78, 5) is 14.9. The summed E-state index contributed by atoms with van der Waals surface area (Å²) in [6, 6.07) is 16.1. The molecule has 0 aliphatic carbocycles. The summed E-state index contributed by atoms with van der Waals surface area (Å²) in [5, 5.41) is 7.17. The fourth-order valence-corrected chi connectivity index (χ4v) is 3.87. The minimum atomic E-state index is -0.359. The van der Waals surface area contributed by atoms with Gasteiger partial charge >= 0.3 is 0 Å². The molecule has 1 spiro atoms. The van der Waals surface area contributed by atoms with Gasteiger partial charge in [-0.25, -0.2) is 0 Å². The van der Waals surface area contributed by atoms with Gasteiger partial charge in [0.15, 0.2) is 0 Å². The molecule has 0 unspecified atom stereocenters. The quantitative estimate of drug-likeness (QED) is 0.879. The van der Waals surface area contributed by atoms with Crippen molar-refractivity contribution < 1.29 is 4.79 Å². The molecular weight excluding hydrogens is 322 g/mol. The number of benzene rings is 2. The van der Waals surface area contributed by atoms with Gasteiger partial charge in [-0.3, -0.25) is 9.69 Å². The van der Waals surface area contributed by atoms with Crippen molar-refractivity contribution in [3.8, 4) is 0 Å². The number of piperidine rings is 1. The minimum absolute atomic E-state index is 0.0779. The van der Waals surface area contributed by atoms with Crippen molar-refractivity contribution in [3.05, 3.63) is 64.7 Å². The molecule has 2 aliphatic heterocycles. The second kappa shape index (κ2) is 6.11. The number of fused-ring (bicyclic) bond motifs is 1. The average molecular weight is 342 g/mol. The number of anilines is 1. The maximum Gasteiger partial charge on any atom is 0.256 e. The van der Waals surface area contributed by atoms with E-state index in [0.29, 0.717) is 10.6 Å². The molecular formula is C19H20ClN3O. The van der Waals surface area contributed by atoms with Crippen LogP contribution in [0.4, 0.5) is 5.69 Å². The number of likely N-dealkylation sites (tertiary alicyclic amines) is 1. The number of hydrogen-bond acceptors (Lipinski definition) is 3. The summed E-state index contributed by atoms with van der Waals surface area (Å²) >= 11 is 6.17. The number of rotatable bonds is 2. The van der Waals surface area contributed by atoms with E-state index in [0.717, 1.165) is 38.2 Å². The summed E-state index contributed by atoms with van der Waals surface area (Å²) in [5.41, 5.74) is 2.35. The smallest absolute Gasteiger partial charge is 0.256 e. The van der Waals surface area contributed by atoms with Crippen LogP contribution in [0.15, 0.2) is 48.5 Å². The van der Waals surface area contributed by atoms with Gasteiger partial charge in [-0.2, -0.15) is 0 Å². The molecule has 2 aliphatic rings. The summed E-state index contributed by atoms with van der Waals surface area (Å²) in [7, 11) is 0. The van der Waals surface area contributed by atoms with E-state index >= 15 is 0 Å². The standard InChI is InChI=1S/C19H20ClN3O/c20-15-7-4-8-16-17(15)18(24)22-19(21-16)9-11-23(12-10-19)13-14-5-2-1-3-6-14/h1-8,21H,9-13H2,(H,22,24). The Morgan fingerprint density at radius 3 is 2.50 bits per heavy atom. The Hall–Kier alpha value is -2.04. The molecule has 0 bridgehead atoms. The van der Waals surface area contributed by atoms with Gasteiger partial charge in [0.25, 0.3) is 5.91 Å². The molecule has 0 saturated carbocycles. The zero-order valence-electron chi connectivity index (χ0n) is 13.4. The molecule has 2 aromatic carbocycles. The van der Waals surface area contributed by atoms with Gasteiger partial charge in [0.1, 0.15) is 5.66 Å². The summed E-state index contributed by atoms with van der Waals surface area (Å²) in [5.74, 6) is -0.0779. The Balaban J connectivity index is 1.46. The number of carbonyl (C=O) groups excluding carboxylic acids is 1. The second-order valence-corrected chi connectivity index (χ2v) is 6.99. The Morgan fingerprint density at radius 2 is 1.75 bits per heavy atom. The van der Waals surface area contributed by atoms with Crippen molar-refractivity contribution in [2.45, 2.75) is 25.0 Å².